The summed E-state index contributed by atoms with van der Waals surface area (Å²) >= 11 is 0. The molecule has 1 saturated heterocycles. The summed E-state index contributed by atoms with van der Waals surface area (Å²) in [5.74, 6) is 1.79. The molecule has 0 unspecified atom stereocenters. The lowest BCUT2D eigenvalue weighted by atomic mass is 10.1. The molecule has 30 heavy (non-hydrogen) atoms. The van der Waals surface area contributed by atoms with Gasteiger partial charge in [-0.25, -0.2) is 0 Å². The Bertz CT molecular complexity index is 835. The summed E-state index contributed by atoms with van der Waals surface area (Å²) in [5, 5.41) is 3.15. The molecule has 0 radical (unpaired) electrons. The molecule has 2 aliphatic rings. The molecule has 0 saturated carbocycles. The van der Waals surface area contributed by atoms with Gasteiger partial charge in [-0.1, -0.05) is 36.4 Å². The lowest BCUT2D eigenvalue weighted by Gasteiger charge is -2.34. The highest BCUT2D eigenvalue weighted by atomic mass is 16.7. The summed E-state index contributed by atoms with van der Waals surface area (Å²) in [5.41, 5.74) is 2.55. The van der Waals surface area contributed by atoms with Crippen molar-refractivity contribution in [2.24, 2.45) is 0 Å². The standard InChI is InChI=1S/C24H31N3O3/c1-19(7-8-20-5-3-2-4-6-20)25-24(28)17-27-13-11-26(12-14-27)16-21-9-10-22-23(15-21)30-18-29-22/h2-6,9-10,15,19H,7-8,11-14,16-18H2,1H3,(H,25,28)/t19-/m1/s1. The maximum atomic E-state index is 12.4. The van der Waals surface area contributed by atoms with Crippen molar-refractivity contribution >= 4 is 5.91 Å². The van der Waals surface area contributed by atoms with Crippen molar-refractivity contribution in [1.82, 2.24) is 15.1 Å². The van der Waals surface area contributed by atoms with Crippen LogP contribution in [0.4, 0.5) is 0 Å². The molecule has 1 amide bonds. The largest absolute Gasteiger partial charge is 0.454 e. The lowest BCUT2D eigenvalue weighted by molar-refractivity contribution is -0.123. The molecule has 0 aromatic heterocycles. The third-order valence-corrected chi connectivity index (χ3v) is 5.79. The third kappa shape index (κ3) is 5.74. The van der Waals surface area contributed by atoms with Crippen LogP contribution in [-0.4, -0.2) is 61.3 Å². The highest BCUT2D eigenvalue weighted by Gasteiger charge is 2.21. The van der Waals surface area contributed by atoms with Gasteiger partial charge in [0, 0.05) is 38.8 Å². The minimum Gasteiger partial charge on any atom is -0.454 e. The van der Waals surface area contributed by atoms with Gasteiger partial charge < -0.3 is 14.8 Å². The van der Waals surface area contributed by atoms with E-state index in [0.717, 1.165) is 57.1 Å². The molecule has 0 bridgehead atoms. The zero-order chi connectivity index (χ0) is 20.8. The van der Waals surface area contributed by atoms with Gasteiger partial charge in [0.1, 0.15) is 0 Å². The molecule has 6 heteroatoms. The van der Waals surface area contributed by atoms with Gasteiger partial charge in [-0.3, -0.25) is 14.6 Å². The number of aryl methyl sites for hydroxylation is 1. The number of nitrogens with one attached hydrogen (secondary N) is 1. The van der Waals surface area contributed by atoms with Gasteiger partial charge in [0.2, 0.25) is 12.7 Å². The second kappa shape index (κ2) is 9.96. The SMILES string of the molecule is C[C@H](CCc1ccccc1)NC(=O)CN1CCN(Cc2ccc3c(c2)OCO3)CC1. The first-order valence-electron chi connectivity index (χ1n) is 10.8. The summed E-state index contributed by atoms with van der Waals surface area (Å²) in [6.45, 7) is 7.53. The number of hydrogen-bond acceptors (Lipinski definition) is 5. The van der Waals surface area contributed by atoms with E-state index in [2.05, 4.69) is 58.4 Å². The highest BCUT2D eigenvalue weighted by Crippen LogP contribution is 2.32. The quantitative estimate of drug-likeness (QED) is 0.727. The Balaban J connectivity index is 1.15. The Hall–Kier alpha value is -2.57. The van der Waals surface area contributed by atoms with E-state index in [-0.39, 0.29) is 11.9 Å². The second-order valence-electron chi connectivity index (χ2n) is 8.23. The van der Waals surface area contributed by atoms with Crippen LogP contribution in [0.3, 0.4) is 0 Å². The fraction of sp³-hybridized carbons (Fsp3) is 0.458. The summed E-state index contributed by atoms with van der Waals surface area (Å²) in [6, 6.07) is 16.8. The molecule has 1 fully saturated rings. The first-order valence-corrected chi connectivity index (χ1v) is 10.8. The molecular formula is C24H31N3O3. The van der Waals surface area contributed by atoms with E-state index in [0.29, 0.717) is 13.3 Å². The number of rotatable bonds is 8. The molecule has 160 valence electrons. The number of amides is 1. The van der Waals surface area contributed by atoms with Crippen LogP contribution in [0, 0.1) is 0 Å². The molecule has 1 N–H and O–H groups in total. The zero-order valence-corrected chi connectivity index (χ0v) is 17.7. The number of carbonyl (C=O) groups excluding carboxylic acids is 1. The minimum absolute atomic E-state index is 0.125. The van der Waals surface area contributed by atoms with Gasteiger partial charge in [-0.15, -0.1) is 0 Å². The molecule has 1 atom stereocenters. The van der Waals surface area contributed by atoms with E-state index in [9.17, 15) is 4.79 Å². The number of hydrogen-bond donors (Lipinski definition) is 1. The lowest BCUT2D eigenvalue weighted by Crippen LogP contribution is -2.50. The average molecular weight is 410 g/mol. The Morgan fingerprint density at radius 1 is 0.967 bits per heavy atom. The molecular weight excluding hydrogens is 378 g/mol. The molecule has 0 aliphatic carbocycles. The van der Waals surface area contributed by atoms with E-state index in [1.165, 1.54) is 11.1 Å². The monoisotopic (exact) mass is 409 g/mol. The first kappa shape index (κ1) is 20.7. The molecule has 0 spiro atoms. The number of fused-ring (bicyclic) bond motifs is 1. The van der Waals surface area contributed by atoms with Crippen LogP contribution in [0.5, 0.6) is 11.5 Å². The fourth-order valence-electron chi connectivity index (χ4n) is 4.03. The van der Waals surface area contributed by atoms with E-state index in [1.807, 2.05) is 12.1 Å². The van der Waals surface area contributed by atoms with Gasteiger partial charge >= 0.3 is 0 Å². The van der Waals surface area contributed by atoms with Crippen molar-refractivity contribution in [1.29, 1.82) is 0 Å². The third-order valence-electron chi connectivity index (χ3n) is 5.79. The van der Waals surface area contributed by atoms with Crippen LogP contribution in [0.25, 0.3) is 0 Å². The first-order chi connectivity index (χ1) is 14.7. The Morgan fingerprint density at radius 2 is 1.70 bits per heavy atom. The number of benzene rings is 2. The molecule has 2 aromatic rings. The van der Waals surface area contributed by atoms with E-state index >= 15 is 0 Å². The smallest absolute Gasteiger partial charge is 0.234 e. The Kier molecular flexibility index (Phi) is 6.87. The van der Waals surface area contributed by atoms with Crippen molar-refractivity contribution in [3.05, 3.63) is 59.7 Å². The van der Waals surface area contributed by atoms with Crippen LogP contribution in [0.15, 0.2) is 48.5 Å². The summed E-state index contributed by atoms with van der Waals surface area (Å²) < 4.78 is 10.8. The Morgan fingerprint density at radius 3 is 2.50 bits per heavy atom. The van der Waals surface area contributed by atoms with Gasteiger partial charge in [-0.05, 0) is 43.0 Å². The van der Waals surface area contributed by atoms with Gasteiger partial charge in [0.25, 0.3) is 0 Å². The van der Waals surface area contributed by atoms with Crippen LogP contribution in [0.1, 0.15) is 24.5 Å². The molecule has 4 rings (SSSR count). The highest BCUT2D eigenvalue weighted by molar-refractivity contribution is 5.78. The minimum atomic E-state index is 0.125. The van der Waals surface area contributed by atoms with Crippen LogP contribution >= 0.6 is 0 Å². The van der Waals surface area contributed by atoms with Crippen molar-refractivity contribution in [3.63, 3.8) is 0 Å². The topological polar surface area (TPSA) is 54.0 Å². The van der Waals surface area contributed by atoms with Crippen LogP contribution in [-0.2, 0) is 17.8 Å². The van der Waals surface area contributed by atoms with Crippen LogP contribution in [0.2, 0.25) is 0 Å². The maximum absolute atomic E-state index is 12.4. The van der Waals surface area contributed by atoms with E-state index in [4.69, 9.17) is 9.47 Å². The van der Waals surface area contributed by atoms with Crippen molar-refractivity contribution in [2.45, 2.75) is 32.4 Å². The summed E-state index contributed by atoms with van der Waals surface area (Å²) in [6.07, 6.45) is 1.94. The summed E-state index contributed by atoms with van der Waals surface area (Å²) in [7, 11) is 0. The molecule has 2 heterocycles. The van der Waals surface area contributed by atoms with Gasteiger partial charge in [0.15, 0.2) is 11.5 Å². The van der Waals surface area contributed by atoms with Crippen LogP contribution < -0.4 is 14.8 Å². The normalized spacial score (nSPS) is 17.6. The molecule has 2 aliphatic heterocycles. The van der Waals surface area contributed by atoms with Crippen molar-refractivity contribution in [2.75, 3.05) is 39.5 Å². The van der Waals surface area contributed by atoms with Gasteiger partial charge in [-0.2, -0.15) is 0 Å². The molecule has 2 aromatic carbocycles. The second-order valence-corrected chi connectivity index (χ2v) is 8.23. The number of piperazine rings is 1. The average Bonchev–Trinajstić information content (AvgIpc) is 3.22. The fourth-order valence-corrected chi connectivity index (χ4v) is 4.03. The predicted octanol–water partition coefficient (Wildman–Crippen LogP) is 2.67. The Labute approximate surface area is 178 Å². The number of ether oxygens (including phenoxy) is 2. The van der Waals surface area contributed by atoms with Crippen molar-refractivity contribution < 1.29 is 14.3 Å². The van der Waals surface area contributed by atoms with E-state index < -0.39 is 0 Å². The maximum Gasteiger partial charge on any atom is 0.234 e. The number of carbonyl (C=O) groups is 1. The molecule has 6 nitrogen and oxygen atoms in total. The zero-order valence-electron chi connectivity index (χ0n) is 17.7. The summed E-state index contributed by atoms with van der Waals surface area (Å²) in [4.78, 5) is 17.1. The predicted molar refractivity (Wildman–Crippen MR) is 117 cm³/mol. The van der Waals surface area contributed by atoms with E-state index in [1.54, 1.807) is 0 Å². The van der Waals surface area contributed by atoms with Crippen molar-refractivity contribution in [3.8, 4) is 11.5 Å². The van der Waals surface area contributed by atoms with Gasteiger partial charge in [0.05, 0.1) is 6.54 Å². The number of nitrogens with zero attached hydrogens (tertiary/aromatic N) is 2.